The largest absolute Gasteiger partial charge is 0.460 e. The maximum absolute atomic E-state index is 10.3. The second kappa shape index (κ2) is 4.87. The summed E-state index contributed by atoms with van der Waals surface area (Å²) in [6.07, 6.45) is 1.48. The maximum atomic E-state index is 10.3. The molecule has 0 atom stereocenters. The highest BCUT2D eigenvalue weighted by Gasteiger charge is 2.11. The molecule has 12 heavy (non-hydrogen) atoms. The van der Waals surface area contributed by atoms with Crippen molar-refractivity contribution in [3.63, 3.8) is 0 Å². The molecule has 0 aliphatic heterocycles. The molecule has 0 aromatic rings. The highest BCUT2D eigenvalue weighted by atomic mass is 16.5. The number of ether oxygens (including phenoxy) is 1. The SMILES string of the molecule is CC(=O)OCC=NC(C)(C)CO. The summed E-state index contributed by atoms with van der Waals surface area (Å²) in [5.74, 6) is -0.330. The first-order valence-corrected chi connectivity index (χ1v) is 3.76. The summed E-state index contributed by atoms with van der Waals surface area (Å²) >= 11 is 0. The van der Waals surface area contributed by atoms with E-state index in [1.54, 1.807) is 13.8 Å². The number of carbonyl (C=O) groups excluding carboxylic acids is 1. The molecule has 0 spiro atoms. The summed E-state index contributed by atoms with van der Waals surface area (Å²) in [5, 5.41) is 8.78. The minimum absolute atomic E-state index is 0.0242. The Morgan fingerprint density at radius 3 is 2.67 bits per heavy atom. The van der Waals surface area contributed by atoms with Crippen molar-refractivity contribution in [3.05, 3.63) is 0 Å². The van der Waals surface area contributed by atoms with Gasteiger partial charge in [0.2, 0.25) is 0 Å². The monoisotopic (exact) mass is 173 g/mol. The molecule has 4 nitrogen and oxygen atoms in total. The van der Waals surface area contributed by atoms with Gasteiger partial charge in [0, 0.05) is 13.1 Å². The van der Waals surface area contributed by atoms with Gasteiger partial charge in [0.25, 0.3) is 0 Å². The third-order valence-corrected chi connectivity index (χ3v) is 1.19. The Bertz CT molecular complexity index is 175. The third kappa shape index (κ3) is 5.85. The standard InChI is InChI=1S/C8H15NO3/c1-7(11)12-5-4-9-8(2,3)6-10/h4,10H,5-6H2,1-3H3. The lowest BCUT2D eigenvalue weighted by molar-refractivity contribution is -0.139. The highest BCUT2D eigenvalue weighted by Crippen LogP contribution is 2.05. The molecule has 0 fully saturated rings. The minimum atomic E-state index is -0.486. The van der Waals surface area contributed by atoms with Crippen LogP contribution in [0.25, 0.3) is 0 Å². The Balaban J connectivity index is 3.68. The van der Waals surface area contributed by atoms with Gasteiger partial charge in [-0.05, 0) is 13.8 Å². The summed E-state index contributed by atoms with van der Waals surface area (Å²) in [6, 6.07) is 0. The number of aliphatic hydroxyl groups is 1. The molecular formula is C8H15NO3. The zero-order chi connectivity index (χ0) is 9.61. The van der Waals surface area contributed by atoms with Crippen molar-refractivity contribution in [1.29, 1.82) is 0 Å². The molecule has 0 saturated heterocycles. The number of hydrogen-bond acceptors (Lipinski definition) is 4. The van der Waals surface area contributed by atoms with E-state index >= 15 is 0 Å². The quantitative estimate of drug-likeness (QED) is 0.494. The molecule has 0 aromatic heterocycles. The molecule has 1 N–H and O–H groups in total. The molecule has 0 aromatic carbocycles. The lowest BCUT2D eigenvalue weighted by atomic mass is 10.1. The van der Waals surface area contributed by atoms with Gasteiger partial charge < -0.3 is 9.84 Å². The van der Waals surface area contributed by atoms with Gasteiger partial charge in [-0.3, -0.25) is 9.79 Å². The van der Waals surface area contributed by atoms with E-state index in [1.807, 2.05) is 0 Å². The van der Waals surface area contributed by atoms with Crippen LogP contribution in [-0.2, 0) is 9.53 Å². The fourth-order valence-electron chi connectivity index (χ4n) is 0.480. The highest BCUT2D eigenvalue weighted by molar-refractivity contribution is 5.69. The van der Waals surface area contributed by atoms with Crippen LogP contribution < -0.4 is 0 Å². The van der Waals surface area contributed by atoms with E-state index in [0.29, 0.717) is 0 Å². The average molecular weight is 173 g/mol. The predicted octanol–water partition coefficient (Wildman–Crippen LogP) is 0.391. The summed E-state index contributed by atoms with van der Waals surface area (Å²) in [6.45, 7) is 5.06. The molecule has 0 aliphatic rings. The Morgan fingerprint density at radius 1 is 1.67 bits per heavy atom. The Labute approximate surface area is 72.3 Å². The minimum Gasteiger partial charge on any atom is -0.460 e. The molecule has 0 heterocycles. The van der Waals surface area contributed by atoms with E-state index in [4.69, 9.17) is 5.11 Å². The van der Waals surface area contributed by atoms with Crippen LogP contribution in [0.2, 0.25) is 0 Å². The fourth-order valence-corrected chi connectivity index (χ4v) is 0.480. The van der Waals surface area contributed by atoms with Gasteiger partial charge >= 0.3 is 5.97 Å². The molecule has 0 unspecified atom stereocenters. The number of esters is 1. The zero-order valence-electron chi connectivity index (χ0n) is 7.70. The second-order valence-corrected chi connectivity index (χ2v) is 3.08. The molecule has 4 heteroatoms. The van der Waals surface area contributed by atoms with E-state index in [2.05, 4.69) is 9.73 Å². The van der Waals surface area contributed by atoms with Crippen LogP contribution in [0.4, 0.5) is 0 Å². The Hall–Kier alpha value is -0.900. The van der Waals surface area contributed by atoms with Crippen molar-refractivity contribution in [3.8, 4) is 0 Å². The maximum Gasteiger partial charge on any atom is 0.302 e. The van der Waals surface area contributed by atoms with Gasteiger partial charge in [0.15, 0.2) is 0 Å². The fraction of sp³-hybridized carbons (Fsp3) is 0.750. The van der Waals surface area contributed by atoms with Crippen molar-refractivity contribution in [2.45, 2.75) is 26.3 Å². The summed E-state index contributed by atoms with van der Waals surface area (Å²) in [7, 11) is 0. The Morgan fingerprint density at radius 2 is 2.25 bits per heavy atom. The lowest BCUT2D eigenvalue weighted by Gasteiger charge is -2.14. The molecule has 0 saturated carbocycles. The predicted molar refractivity (Wildman–Crippen MR) is 46.3 cm³/mol. The van der Waals surface area contributed by atoms with Gasteiger partial charge in [0.05, 0.1) is 12.1 Å². The number of nitrogens with zero attached hydrogens (tertiary/aromatic N) is 1. The van der Waals surface area contributed by atoms with Crippen molar-refractivity contribution in [2.75, 3.05) is 13.2 Å². The Kier molecular flexibility index (Phi) is 4.51. The van der Waals surface area contributed by atoms with E-state index < -0.39 is 5.54 Å². The van der Waals surface area contributed by atoms with Crippen molar-refractivity contribution < 1.29 is 14.6 Å². The van der Waals surface area contributed by atoms with E-state index in [-0.39, 0.29) is 19.2 Å². The number of hydrogen-bond donors (Lipinski definition) is 1. The first kappa shape index (κ1) is 11.1. The first-order chi connectivity index (χ1) is 5.48. The van der Waals surface area contributed by atoms with Gasteiger partial charge in [0.1, 0.15) is 6.61 Å². The molecule has 0 rings (SSSR count). The summed E-state index contributed by atoms with van der Waals surface area (Å²) in [4.78, 5) is 14.3. The van der Waals surface area contributed by atoms with Crippen LogP contribution >= 0.6 is 0 Å². The molecule has 0 bridgehead atoms. The van der Waals surface area contributed by atoms with Crippen LogP contribution in [0.5, 0.6) is 0 Å². The first-order valence-electron chi connectivity index (χ1n) is 3.76. The van der Waals surface area contributed by atoms with Crippen LogP contribution in [0.15, 0.2) is 4.99 Å². The number of aliphatic hydroxyl groups excluding tert-OH is 1. The van der Waals surface area contributed by atoms with Crippen molar-refractivity contribution in [1.82, 2.24) is 0 Å². The van der Waals surface area contributed by atoms with Crippen LogP contribution in [0.1, 0.15) is 20.8 Å². The topological polar surface area (TPSA) is 58.9 Å². The van der Waals surface area contributed by atoms with Crippen LogP contribution in [0, 0.1) is 0 Å². The molecular weight excluding hydrogens is 158 g/mol. The lowest BCUT2D eigenvalue weighted by Crippen LogP contribution is -2.22. The smallest absolute Gasteiger partial charge is 0.302 e. The van der Waals surface area contributed by atoms with E-state index in [0.717, 1.165) is 0 Å². The second-order valence-electron chi connectivity index (χ2n) is 3.08. The number of rotatable bonds is 4. The molecule has 0 radical (unpaired) electrons. The van der Waals surface area contributed by atoms with Crippen molar-refractivity contribution in [2.24, 2.45) is 4.99 Å². The van der Waals surface area contributed by atoms with E-state index in [9.17, 15) is 4.79 Å². The van der Waals surface area contributed by atoms with Crippen molar-refractivity contribution >= 4 is 12.2 Å². The molecule has 0 amide bonds. The van der Waals surface area contributed by atoms with Crippen LogP contribution in [0.3, 0.4) is 0 Å². The normalized spacial score (nSPS) is 12.0. The van der Waals surface area contributed by atoms with Crippen LogP contribution in [-0.4, -0.2) is 36.0 Å². The molecule has 0 aliphatic carbocycles. The van der Waals surface area contributed by atoms with Gasteiger partial charge in [-0.1, -0.05) is 0 Å². The molecule has 70 valence electrons. The van der Waals surface area contributed by atoms with Gasteiger partial charge in [-0.2, -0.15) is 0 Å². The number of carbonyl (C=O) groups is 1. The van der Waals surface area contributed by atoms with E-state index in [1.165, 1.54) is 13.1 Å². The van der Waals surface area contributed by atoms with Gasteiger partial charge in [-0.25, -0.2) is 0 Å². The number of aliphatic imine (C=N–C) groups is 1. The summed E-state index contributed by atoms with van der Waals surface area (Å²) in [5.41, 5.74) is -0.486. The average Bonchev–Trinajstić information content (AvgIpc) is 1.98. The third-order valence-electron chi connectivity index (χ3n) is 1.19. The zero-order valence-corrected chi connectivity index (χ0v) is 7.70. The van der Waals surface area contributed by atoms with Gasteiger partial charge in [-0.15, -0.1) is 0 Å². The summed E-state index contributed by atoms with van der Waals surface area (Å²) < 4.78 is 4.61.